The van der Waals surface area contributed by atoms with E-state index in [1.54, 1.807) is 0 Å². The molecule has 0 amide bonds. The lowest BCUT2D eigenvalue weighted by Gasteiger charge is -2.15. The van der Waals surface area contributed by atoms with Crippen molar-refractivity contribution in [1.82, 2.24) is 15.3 Å². The molecule has 1 atom stereocenters. The highest BCUT2D eigenvalue weighted by molar-refractivity contribution is 5.85. The molecule has 0 radical (unpaired) electrons. The first kappa shape index (κ1) is 16.4. The number of anilines is 1. The first-order valence-electron chi connectivity index (χ1n) is 5.40. The zero-order valence-corrected chi connectivity index (χ0v) is 12.1. The summed E-state index contributed by atoms with van der Waals surface area (Å²) in [6.45, 7) is 4.10. The number of aromatic nitrogens is 2. The Labute approximate surface area is 115 Å². The van der Waals surface area contributed by atoms with Crippen molar-refractivity contribution in [2.45, 2.75) is 19.3 Å². The molecular formula is C11H20Cl2N4. The maximum atomic E-state index is 4.52. The number of halogens is 2. The molecule has 2 rings (SSSR count). The quantitative estimate of drug-likeness (QED) is 0.896. The van der Waals surface area contributed by atoms with Crippen LogP contribution in [0, 0.1) is 6.92 Å². The summed E-state index contributed by atoms with van der Waals surface area (Å²) < 4.78 is 0. The van der Waals surface area contributed by atoms with E-state index in [1.807, 2.05) is 25.9 Å². The molecule has 4 nitrogen and oxygen atoms in total. The van der Waals surface area contributed by atoms with E-state index in [0.717, 1.165) is 24.7 Å². The largest absolute Gasteiger partial charge is 0.363 e. The van der Waals surface area contributed by atoms with Gasteiger partial charge in [-0.15, -0.1) is 24.8 Å². The molecule has 1 fully saturated rings. The van der Waals surface area contributed by atoms with Crippen molar-refractivity contribution < 1.29 is 0 Å². The number of hydrogen-bond acceptors (Lipinski definition) is 4. The zero-order chi connectivity index (χ0) is 10.8. The Bertz CT molecular complexity index is 351. The van der Waals surface area contributed by atoms with Crippen LogP contribution in [0.1, 0.15) is 23.9 Å². The minimum Gasteiger partial charge on any atom is -0.363 e. The van der Waals surface area contributed by atoms with Gasteiger partial charge >= 0.3 is 0 Å². The smallest absolute Gasteiger partial charge is 0.132 e. The monoisotopic (exact) mass is 278 g/mol. The highest BCUT2D eigenvalue weighted by Gasteiger charge is 2.19. The summed E-state index contributed by atoms with van der Waals surface area (Å²) in [4.78, 5) is 10.9. The van der Waals surface area contributed by atoms with Gasteiger partial charge in [-0.25, -0.2) is 9.97 Å². The fourth-order valence-electron chi connectivity index (χ4n) is 1.92. The van der Waals surface area contributed by atoms with E-state index >= 15 is 0 Å². The first-order valence-corrected chi connectivity index (χ1v) is 5.40. The number of aryl methyl sites for hydroxylation is 1. The molecule has 1 aliphatic heterocycles. The molecule has 1 unspecified atom stereocenters. The van der Waals surface area contributed by atoms with Crippen LogP contribution in [0.25, 0.3) is 0 Å². The van der Waals surface area contributed by atoms with E-state index in [0.29, 0.717) is 5.92 Å². The molecule has 1 aromatic heterocycles. The Kier molecular flexibility index (Phi) is 6.75. The number of nitrogens with one attached hydrogen (secondary N) is 1. The third-order valence-electron chi connectivity index (χ3n) is 2.78. The summed E-state index contributed by atoms with van der Waals surface area (Å²) in [5.41, 5.74) is 1.18. The summed E-state index contributed by atoms with van der Waals surface area (Å²) >= 11 is 0. The van der Waals surface area contributed by atoms with Crippen molar-refractivity contribution in [3.05, 3.63) is 17.6 Å². The molecule has 2 heterocycles. The highest BCUT2D eigenvalue weighted by atomic mass is 35.5. The van der Waals surface area contributed by atoms with Crippen LogP contribution in [0.3, 0.4) is 0 Å². The van der Waals surface area contributed by atoms with Gasteiger partial charge in [-0.2, -0.15) is 0 Å². The Hall–Kier alpha value is -0.580. The van der Waals surface area contributed by atoms with Crippen molar-refractivity contribution in [2.75, 3.05) is 32.1 Å². The second-order valence-electron chi connectivity index (χ2n) is 4.28. The molecule has 0 aliphatic carbocycles. The van der Waals surface area contributed by atoms with Crippen molar-refractivity contribution in [3.8, 4) is 0 Å². The summed E-state index contributed by atoms with van der Waals surface area (Å²) in [7, 11) is 4.02. The van der Waals surface area contributed by atoms with Crippen molar-refractivity contribution in [2.24, 2.45) is 0 Å². The van der Waals surface area contributed by atoms with Crippen LogP contribution in [0.5, 0.6) is 0 Å². The van der Waals surface area contributed by atoms with Gasteiger partial charge in [0.1, 0.15) is 11.6 Å². The summed E-state index contributed by atoms with van der Waals surface area (Å²) in [5, 5.41) is 3.36. The van der Waals surface area contributed by atoms with Crippen LogP contribution in [0.15, 0.2) is 6.07 Å². The van der Waals surface area contributed by atoms with Crippen LogP contribution in [0.2, 0.25) is 0 Å². The first-order chi connectivity index (χ1) is 7.16. The summed E-state index contributed by atoms with van der Waals surface area (Å²) in [5.74, 6) is 2.43. The molecule has 1 aromatic rings. The molecule has 0 spiro atoms. The van der Waals surface area contributed by atoms with Gasteiger partial charge in [-0.3, -0.25) is 0 Å². The molecule has 6 heteroatoms. The minimum absolute atomic E-state index is 0. The number of nitrogens with zero attached hydrogens (tertiary/aromatic N) is 3. The zero-order valence-electron chi connectivity index (χ0n) is 10.4. The maximum Gasteiger partial charge on any atom is 0.132 e. The van der Waals surface area contributed by atoms with Crippen LogP contribution in [0.4, 0.5) is 5.82 Å². The molecule has 1 saturated heterocycles. The molecule has 98 valence electrons. The molecule has 17 heavy (non-hydrogen) atoms. The van der Waals surface area contributed by atoms with Crippen molar-refractivity contribution in [1.29, 1.82) is 0 Å². The van der Waals surface area contributed by atoms with Gasteiger partial charge in [0, 0.05) is 32.6 Å². The van der Waals surface area contributed by atoms with Gasteiger partial charge < -0.3 is 10.2 Å². The van der Waals surface area contributed by atoms with Gasteiger partial charge in [-0.05, 0) is 19.9 Å². The second kappa shape index (κ2) is 6.99. The minimum atomic E-state index is 0. The molecule has 1 aliphatic rings. The molecule has 1 N–H and O–H groups in total. The predicted molar refractivity (Wildman–Crippen MR) is 75.8 cm³/mol. The Morgan fingerprint density at radius 2 is 2.00 bits per heavy atom. The molecule has 0 saturated carbocycles. The second-order valence-corrected chi connectivity index (χ2v) is 4.28. The van der Waals surface area contributed by atoms with Crippen molar-refractivity contribution in [3.63, 3.8) is 0 Å². The number of rotatable bonds is 2. The fraction of sp³-hybridized carbons (Fsp3) is 0.636. The van der Waals surface area contributed by atoms with Gasteiger partial charge in [0.25, 0.3) is 0 Å². The third-order valence-corrected chi connectivity index (χ3v) is 2.78. The van der Waals surface area contributed by atoms with E-state index in [4.69, 9.17) is 0 Å². The summed E-state index contributed by atoms with van der Waals surface area (Å²) in [6.07, 6.45) is 1.18. The Morgan fingerprint density at radius 1 is 1.29 bits per heavy atom. The van der Waals surface area contributed by atoms with Gasteiger partial charge in [0.15, 0.2) is 0 Å². The molecule has 0 aromatic carbocycles. The highest BCUT2D eigenvalue weighted by Crippen LogP contribution is 2.22. The fourth-order valence-corrected chi connectivity index (χ4v) is 1.92. The van der Waals surface area contributed by atoms with E-state index < -0.39 is 0 Å². The van der Waals surface area contributed by atoms with E-state index in [-0.39, 0.29) is 24.8 Å². The maximum absolute atomic E-state index is 4.52. The van der Waals surface area contributed by atoms with Crippen molar-refractivity contribution >= 4 is 30.6 Å². The van der Waals surface area contributed by atoms with Crippen LogP contribution in [-0.2, 0) is 0 Å². The topological polar surface area (TPSA) is 41.1 Å². The molecular weight excluding hydrogens is 259 g/mol. The lowest BCUT2D eigenvalue weighted by molar-refractivity contribution is 0.723. The Balaban J connectivity index is 0.00000128. The van der Waals surface area contributed by atoms with Gasteiger partial charge in [0.2, 0.25) is 0 Å². The Morgan fingerprint density at radius 3 is 2.53 bits per heavy atom. The third kappa shape index (κ3) is 3.98. The summed E-state index contributed by atoms with van der Waals surface area (Å²) in [6, 6.07) is 2.10. The van der Waals surface area contributed by atoms with Crippen LogP contribution < -0.4 is 10.2 Å². The number of hydrogen-bond donors (Lipinski definition) is 1. The van der Waals surface area contributed by atoms with Gasteiger partial charge in [-0.1, -0.05) is 0 Å². The lowest BCUT2D eigenvalue weighted by atomic mass is 10.0. The SMILES string of the molecule is Cc1nc(C2CCNC2)cc(N(C)C)n1.Cl.Cl. The van der Waals surface area contributed by atoms with Crippen LogP contribution in [-0.4, -0.2) is 37.2 Å². The average Bonchev–Trinajstić information content (AvgIpc) is 2.69. The van der Waals surface area contributed by atoms with Crippen LogP contribution >= 0.6 is 24.8 Å². The average molecular weight is 279 g/mol. The van der Waals surface area contributed by atoms with E-state index in [2.05, 4.69) is 21.4 Å². The normalized spacial score (nSPS) is 18.2. The predicted octanol–water partition coefficient (Wildman–Crippen LogP) is 1.77. The standard InChI is InChI=1S/C11H18N4.2ClH/c1-8-13-10(9-4-5-12-7-9)6-11(14-8)15(2)3;;/h6,9,12H,4-5,7H2,1-3H3;2*1H. The molecule has 0 bridgehead atoms. The van der Waals surface area contributed by atoms with E-state index in [1.165, 1.54) is 12.1 Å². The lowest BCUT2D eigenvalue weighted by Crippen LogP contribution is -2.14. The van der Waals surface area contributed by atoms with Gasteiger partial charge in [0.05, 0.1) is 5.69 Å². The van der Waals surface area contributed by atoms with E-state index in [9.17, 15) is 0 Å².